The number of hydrogen-bond acceptors (Lipinski definition) is 14. The van der Waals surface area contributed by atoms with Crippen LogP contribution in [0.1, 0.15) is 5.56 Å². The van der Waals surface area contributed by atoms with E-state index in [1.165, 1.54) is 60.9 Å². The van der Waals surface area contributed by atoms with Gasteiger partial charge in [0.25, 0.3) is 18.1 Å². The van der Waals surface area contributed by atoms with Crippen LogP contribution in [0.3, 0.4) is 0 Å². The Hall–Kier alpha value is -2.88. The number of morpholine rings is 3. The summed E-state index contributed by atoms with van der Waals surface area (Å²) in [4.78, 5) is 0.600. The van der Waals surface area contributed by atoms with Gasteiger partial charge in [0.2, 0.25) is 30.1 Å². The van der Waals surface area contributed by atoms with Crippen molar-refractivity contribution >= 4 is 105 Å². The zero-order valence-corrected chi connectivity index (χ0v) is 44.3. The van der Waals surface area contributed by atoms with E-state index in [-0.39, 0.29) is 51.0 Å². The smallest absolute Gasteiger partial charge is 0.262 e. The Bertz CT molecular complexity index is 3050. The molecule has 0 aromatic heterocycles. The van der Waals surface area contributed by atoms with Crippen LogP contribution in [0.5, 0.6) is 0 Å². The molecule has 376 valence electrons. The summed E-state index contributed by atoms with van der Waals surface area (Å²) in [5.41, 5.74) is 1.18. The van der Waals surface area contributed by atoms with Gasteiger partial charge in [-0.3, -0.25) is 0 Å². The average molecular weight is 1150 g/mol. The summed E-state index contributed by atoms with van der Waals surface area (Å²) in [6.45, 7) is 4.34. The van der Waals surface area contributed by atoms with E-state index < -0.39 is 53.1 Å². The number of ether oxygens (including phenoxy) is 3. The first kappa shape index (κ1) is 57.0. The zero-order valence-electron chi connectivity index (χ0n) is 36.4. The standard InChI is InChI=1S/C17H19NO3S2.C10H12ClNO5S2.C10H12ClNO3S.C6H4Cl2O2S/c19-23(20,18-10-12-21-13-11-18)17-9-5-4-8-16(17)22-14-15-6-2-1-3-7-15;11-18(13,14)9-3-1-2-4-10(9)19(15,16)12-5-7-17-8-6-12;11-9-3-1-2-4-10(9)16(13,14)12-5-7-15-8-6-12;7-5-3-1-2-4-6(5)11(8,9)10/h1-9H,10-14H2;1-4H,5-8H2;1-4H,5-8H2;1-4H. The van der Waals surface area contributed by atoms with Crippen molar-refractivity contribution in [3.63, 3.8) is 0 Å². The molecule has 5 aromatic carbocycles. The van der Waals surface area contributed by atoms with E-state index in [2.05, 4.69) is 0 Å². The van der Waals surface area contributed by atoms with Crippen molar-refractivity contribution in [3.05, 3.63) is 143 Å². The number of thioether (sulfide) groups is 1. The summed E-state index contributed by atoms with van der Waals surface area (Å²) >= 11 is 13.0. The molecule has 69 heavy (non-hydrogen) atoms. The van der Waals surface area contributed by atoms with Crippen LogP contribution in [-0.2, 0) is 68.1 Å². The molecule has 0 unspecified atom stereocenters. The monoisotopic (exact) mass is 1150 g/mol. The van der Waals surface area contributed by atoms with Crippen molar-refractivity contribution in [2.45, 2.75) is 35.1 Å². The van der Waals surface area contributed by atoms with E-state index in [0.29, 0.717) is 57.5 Å². The van der Waals surface area contributed by atoms with Crippen molar-refractivity contribution in [2.75, 3.05) is 78.9 Å². The van der Waals surface area contributed by atoms with Crippen LogP contribution >= 0.6 is 56.3 Å². The number of rotatable bonds is 11. The second-order valence-electron chi connectivity index (χ2n) is 14.5. The molecule has 3 aliphatic heterocycles. The maximum Gasteiger partial charge on any atom is 0.262 e. The first-order valence-corrected chi connectivity index (χ1v) is 31.3. The highest BCUT2D eigenvalue weighted by atomic mass is 35.7. The average Bonchev–Trinajstić information content (AvgIpc) is 3.35. The Balaban J connectivity index is 0.000000177. The molecule has 0 amide bonds. The molecule has 16 nitrogen and oxygen atoms in total. The Morgan fingerprint density at radius 1 is 0.391 bits per heavy atom. The second kappa shape index (κ2) is 26.2. The third-order valence-electron chi connectivity index (χ3n) is 9.90. The number of nitrogens with zero attached hydrogens (tertiary/aromatic N) is 3. The van der Waals surface area contributed by atoms with Crippen LogP contribution < -0.4 is 0 Å². The van der Waals surface area contributed by atoms with Gasteiger partial charge >= 0.3 is 0 Å². The van der Waals surface area contributed by atoms with Gasteiger partial charge in [0.1, 0.15) is 19.6 Å². The molecule has 0 saturated carbocycles. The molecule has 3 saturated heterocycles. The fourth-order valence-corrected chi connectivity index (χ4v) is 16.0. The lowest BCUT2D eigenvalue weighted by Gasteiger charge is -2.26. The lowest BCUT2D eigenvalue weighted by Crippen LogP contribution is -2.40. The molecule has 0 N–H and O–H groups in total. The van der Waals surface area contributed by atoms with E-state index in [1.54, 1.807) is 54.2 Å². The third kappa shape index (κ3) is 16.3. The predicted octanol–water partition coefficient (Wildman–Crippen LogP) is 7.26. The van der Waals surface area contributed by atoms with Crippen LogP contribution in [0, 0.1) is 0 Å². The minimum atomic E-state index is -4.12. The highest BCUT2D eigenvalue weighted by Gasteiger charge is 2.32. The quantitative estimate of drug-likeness (QED) is 0.0942. The van der Waals surface area contributed by atoms with Gasteiger partial charge in [-0.15, -0.1) is 11.8 Å². The molecule has 5 aromatic rings. The summed E-state index contributed by atoms with van der Waals surface area (Å²) in [5, 5.41) is 0.400. The molecule has 3 fully saturated rings. The summed E-state index contributed by atoms with van der Waals surface area (Å²) in [6, 6.07) is 35.1. The number of hydrogen-bond donors (Lipinski definition) is 0. The zero-order chi connectivity index (χ0) is 50.3. The molecule has 0 radical (unpaired) electrons. The lowest BCUT2D eigenvalue weighted by atomic mass is 10.2. The topological polar surface area (TPSA) is 208 Å². The van der Waals surface area contributed by atoms with E-state index in [0.717, 1.165) is 10.6 Å². The minimum Gasteiger partial charge on any atom is -0.379 e. The van der Waals surface area contributed by atoms with Gasteiger partial charge in [0.15, 0.2) is 0 Å². The fourth-order valence-electron chi connectivity index (χ4n) is 6.46. The van der Waals surface area contributed by atoms with Gasteiger partial charge in [-0.1, -0.05) is 102 Å². The summed E-state index contributed by atoms with van der Waals surface area (Å²) in [6.07, 6.45) is 0. The predicted molar refractivity (Wildman–Crippen MR) is 267 cm³/mol. The Morgan fingerprint density at radius 3 is 1.12 bits per heavy atom. The van der Waals surface area contributed by atoms with E-state index >= 15 is 0 Å². The second-order valence-corrected chi connectivity index (χ2v) is 27.1. The number of benzene rings is 5. The van der Waals surface area contributed by atoms with Gasteiger partial charge in [0.05, 0.1) is 54.6 Å². The SMILES string of the molecule is O=S(=O)(Cl)c1ccccc1Cl.O=S(=O)(Cl)c1ccccc1S(=O)(=O)N1CCOCC1.O=S(=O)(c1ccccc1Cl)N1CCOCC1.O=S(=O)(c1ccccc1SCc1ccccc1)N1CCOCC1. The Kier molecular flexibility index (Phi) is 21.6. The van der Waals surface area contributed by atoms with E-state index in [1.807, 2.05) is 42.5 Å². The largest absolute Gasteiger partial charge is 0.379 e. The molecule has 3 aliphatic rings. The first-order valence-electron chi connectivity index (χ1n) is 20.6. The van der Waals surface area contributed by atoms with Gasteiger partial charge in [0, 0.05) is 71.3 Å². The molecule has 0 atom stereocenters. The Morgan fingerprint density at radius 2 is 0.710 bits per heavy atom. The molecule has 26 heteroatoms. The molecule has 0 aliphatic carbocycles. The molecule has 8 rings (SSSR count). The maximum atomic E-state index is 12.9. The normalized spacial score (nSPS) is 16.6. The third-order valence-corrected chi connectivity index (χ3v) is 20.8. The number of sulfonamides is 3. The lowest BCUT2D eigenvalue weighted by molar-refractivity contribution is 0.0729. The molecule has 0 spiro atoms. The van der Waals surface area contributed by atoms with Crippen molar-refractivity contribution < 1.29 is 56.3 Å². The molecular formula is C43H47Cl4N3O13S6. The van der Waals surface area contributed by atoms with Gasteiger partial charge in [-0.25, -0.2) is 42.1 Å². The summed E-state index contributed by atoms with van der Waals surface area (Å²) in [7, 11) is -8.31. The summed E-state index contributed by atoms with van der Waals surface area (Å²) in [5.74, 6) is 0.747. The molecule has 3 heterocycles. The van der Waals surface area contributed by atoms with Crippen molar-refractivity contribution in [1.29, 1.82) is 0 Å². The van der Waals surface area contributed by atoms with Crippen LogP contribution in [-0.4, -0.2) is 134 Å². The van der Waals surface area contributed by atoms with Crippen molar-refractivity contribution in [1.82, 2.24) is 12.9 Å². The van der Waals surface area contributed by atoms with Crippen LogP contribution in [0.25, 0.3) is 0 Å². The maximum absolute atomic E-state index is 12.9. The molecular weight excluding hydrogens is 1100 g/mol. The van der Waals surface area contributed by atoms with Crippen molar-refractivity contribution in [2.24, 2.45) is 0 Å². The molecule has 0 bridgehead atoms. The van der Waals surface area contributed by atoms with E-state index in [9.17, 15) is 42.1 Å². The summed E-state index contributed by atoms with van der Waals surface area (Å²) < 4.78 is 139. The van der Waals surface area contributed by atoms with Gasteiger partial charge in [-0.05, 0) is 54.1 Å². The Labute approximate surface area is 427 Å². The van der Waals surface area contributed by atoms with E-state index in [4.69, 9.17) is 58.8 Å². The van der Waals surface area contributed by atoms with Crippen molar-refractivity contribution in [3.8, 4) is 0 Å². The highest BCUT2D eigenvalue weighted by Crippen LogP contribution is 2.32. The fraction of sp³-hybridized carbons (Fsp3) is 0.302. The van der Waals surface area contributed by atoms with Crippen LogP contribution in [0.4, 0.5) is 0 Å². The first-order chi connectivity index (χ1) is 32.6. The van der Waals surface area contributed by atoms with Crippen LogP contribution in [0.2, 0.25) is 10.0 Å². The van der Waals surface area contributed by atoms with Gasteiger partial charge in [-0.2, -0.15) is 12.9 Å². The number of halogens is 4. The highest BCUT2D eigenvalue weighted by molar-refractivity contribution is 8.14. The van der Waals surface area contributed by atoms with Gasteiger partial charge < -0.3 is 14.2 Å². The van der Waals surface area contributed by atoms with Crippen LogP contribution in [0.15, 0.2) is 157 Å². The minimum absolute atomic E-state index is 0.0525.